The number of aromatic nitrogens is 1. The third kappa shape index (κ3) is 3.28. The minimum absolute atomic E-state index is 0.495. The van der Waals surface area contributed by atoms with Crippen LogP contribution in [0.5, 0.6) is 0 Å². The number of hydrogen-bond donors (Lipinski definition) is 2. The average molecular weight is 316 g/mol. The third-order valence-corrected chi connectivity index (χ3v) is 4.81. The smallest absolute Gasteiger partial charge is 0.149 e. The second-order valence-corrected chi connectivity index (χ2v) is 6.39. The van der Waals surface area contributed by atoms with E-state index < -0.39 is 0 Å². The summed E-state index contributed by atoms with van der Waals surface area (Å²) in [4.78, 5) is 4.35. The van der Waals surface area contributed by atoms with Crippen molar-refractivity contribution in [3.63, 3.8) is 0 Å². The van der Waals surface area contributed by atoms with Gasteiger partial charge in [-0.1, -0.05) is 12.8 Å². The number of nitrogens with one attached hydrogen (secondary N) is 1. The highest BCUT2D eigenvalue weighted by molar-refractivity contribution is 9.10. The van der Waals surface area contributed by atoms with Crippen LogP contribution in [0.2, 0.25) is 0 Å². The van der Waals surface area contributed by atoms with E-state index in [1.807, 2.05) is 17.8 Å². The fourth-order valence-electron chi connectivity index (χ4n) is 2.30. The van der Waals surface area contributed by atoms with Gasteiger partial charge in [0.1, 0.15) is 5.82 Å². The highest BCUT2D eigenvalue weighted by Gasteiger charge is 2.24. The molecule has 2 atom stereocenters. The number of nitrogen functional groups attached to an aromatic ring is 1. The molecule has 0 aliphatic heterocycles. The van der Waals surface area contributed by atoms with Gasteiger partial charge in [0, 0.05) is 22.0 Å². The Morgan fingerprint density at radius 1 is 1.47 bits per heavy atom. The second-order valence-electron chi connectivity index (χ2n) is 4.40. The van der Waals surface area contributed by atoms with Crippen LogP contribution in [0.3, 0.4) is 0 Å². The molecule has 1 heterocycles. The second kappa shape index (κ2) is 5.96. The maximum absolute atomic E-state index is 5.96. The van der Waals surface area contributed by atoms with Crippen molar-refractivity contribution >= 4 is 39.2 Å². The zero-order chi connectivity index (χ0) is 12.3. The molecule has 2 rings (SSSR count). The Balaban J connectivity index is 2.08. The van der Waals surface area contributed by atoms with Crippen LogP contribution in [0.4, 0.5) is 11.5 Å². The summed E-state index contributed by atoms with van der Waals surface area (Å²) in [6.45, 7) is 0. The Bertz CT molecular complexity index is 386. The van der Waals surface area contributed by atoms with E-state index in [0.29, 0.717) is 17.0 Å². The van der Waals surface area contributed by atoms with E-state index in [4.69, 9.17) is 5.73 Å². The van der Waals surface area contributed by atoms with Gasteiger partial charge < -0.3 is 11.1 Å². The first-order valence-corrected chi connectivity index (χ1v) is 7.99. The predicted molar refractivity (Wildman–Crippen MR) is 79.5 cm³/mol. The van der Waals surface area contributed by atoms with Crippen LogP contribution in [0.15, 0.2) is 16.7 Å². The molecule has 94 valence electrons. The van der Waals surface area contributed by atoms with E-state index in [2.05, 4.69) is 32.5 Å². The van der Waals surface area contributed by atoms with Crippen molar-refractivity contribution in [1.82, 2.24) is 4.98 Å². The summed E-state index contributed by atoms with van der Waals surface area (Å²) in [5.74, 6) is 0.819. The predicted octanol–water partition coefficient (Wildman–Crippen LogP) is 3.51. The SMILES string of the molecule is CSC1CCCCC1Nc1ncc(Br)cc1N. The number of thioether (sulfide) groups is 1. The van der Waals surface area contributed by atoms with Gasteiger partial charge in [-0.25, -0.2) is 4.98 Å². The molecule has 3 nitrogen and oxygen atoms in total. The first-order chi connectivity index (χ1) is 8.20. The number of hydrogen-bond acceptors (Lipinski definition) is 4. The van der Waals surface area contributed by atoms with Crippen molar-refractivity contribution in [2.45, 2.75) is 37.0 Å². The Labute approximate surface area is 115 Å². The zero-order valence-electron chi connectivity index (χ0n) is 9.95. The molecule has 0 spiro atoms. The summed E-state index contributed by atoms with van der Waals surface area (Å²) in [6.07, 6.45) is 9.11. The normalized spacial score (nSPS) is 24.6. The summed E-state index contributed by atoms with van der Waals surface area (Å²) >= 11 is 5.31. The Hall–Kier alpha value is -0.420. The van der Waals surface area contributed by atoms with Gasteiger partial charge in [-0.15, -0.1) is 0 Å². The van der Waals surface area contributed by atoms with Gasteiger partial charge in [-0.05, 0) is 41.1 Å². The van der Waals surface area contributed by atoms with Crippen LogP contribution < -0.4 is 11.1 Å². The molecule has 1 fully saturated rings. The van der Waals surface area contributed by atoms with E-state index in [1.54, 1.807) is 6.20 Å². The lowest BCUT2D eigenvalue weighted by atomic mass is 9.95. The summed E-state index contributed by atoms with van der Waals surface area (Å²) in [5, 5.41) is 4.17. The maximum atomic E-state index is 5.96. The number of pyridine rings is 1. The Morgan fingerprint density at radius 2 is 2.24 bits per heavy atom. The molecule has 0 radical (unpaired) electrons. The molecule has 1 aromatic rings. The van der Waals surface area contributed by atoms with Gasteiger partial charge in [0.25, 0.3) is 0 Å². The minimum atomic E-state index is 0.495. The first-order valence-electron chi connectivity index (χ1n) is 5.91. The highest BCUT2D eigenvalue weighted by Crippen LogP contribution is 2.30. The number of nitrogens with two attached hydrogens (primary N) is 1. The van der Waals surface area contributed by atoms with Gasteiger partial charge in [-0.2, -0.15) is 11.8 Å². The number of rotatable bonds is 3. The molecule has 1 saturated carbocycles. The van der Waals surface area contributed by atoms with Gasteiger partial charge in [0.05, 0.1) is 5.69 Å². The van der Waals surface area contributed by atoms with Gasteiger partial charge in [0.15, 0.2) is 0 Å². The van der Waals surface area contributed by atoms with Gasteiger partial charge in [-0.3, -0.25) is 0 Å². The van der Waals surface area contributed by atoms with Crippen LogP contribution in [-0.2, 0) is 0 Å². The van der Waals surface area contributed by atoms with E-state index >= 15 is 0 Å². The van der Waals surface area contributed by atoms with Gasteiger partial charge >= 0.3 is 0 Å². The molecule has 2 unspecified atom stereocenters. The highest BCUT2D eigenvalue weighted by atomic mass is 79.9. The number of anilines is 2. The van der Waals surface area contributed by atoms with Gasteiger partial charge in [0.2, 0.25) is 0 Å². The lowest BCUT2D eigenvalue weighted by Gasteiger charge is -2.31. The molecule has 1 aliphatic carbocycles. The Kier molecular flexibility index (Phi) is 4.56. The molecular weight excluding hydrogens is 298 g/mol. The average Bonchev–Trinajstić information content (AvgIpc) is 2.33. The van der Waals surface area contributed by atoms with Crippen LogP contribution in [0, 0.1) is 0 Å². The largest absolute Gasteiger partial charge is 0.396 e. The molecule has 0 saturated heterocycles. The molecule has 5 heteroatoms. The van der Waals surface area contributed by atoms with Crippen LogP contribution in [0.1, 0.15) is 25.7 Å². The minimum Gasteiger partial charge on any atom is -0.396 e. The fourth-order valence-corrected chi connectivity index (χ4v) is 3.58. The lowest BCUT2D eigenvalue weighted by Crippen LogP contribution is -2.34. The van der Waals surface area contributed by atoms with Crippen molar-refractivity contribution in [3.05, 3.63) is 16.7 Å². The summed E-state index contributed by atoms with van der Waals surface area (Å²) in [7, 11) is 0. The van der Waals surface area contributed by atoms with E-state index in [0.717, 1.165) is 10.3 Å². The van der Waals surface area contributed by atoms with E-state index in [9.17, 15) is 0 Å². The molecule has 0 aromatic carbocycles. The molecule has 3 N–H and O–H groups in total. The van der Waals surface area contributed by atoms with Crippen LogP contribution in [0.25, 0.3) is 0 Å². The summed E-state index contributed by atoms with van der Waals surface area (Å²) in [6, 6.07) is 2.39. The van der Waals surface area contributed by atoms with Crippen molar-refractivity contribution < 1.29 is 0 Å². The van der Waals surface area contributed by atoms with Crippen LogP contribution in [-0.4, -0.2) is 22.5 Å². The fraction of sp³-hybridized carbons (Fsp3) is 0.583. The molecule has 1 aliphatic rings. The zero-order valence-corrected chi connectivity index (χ0v) is 12.4. The first kappa shape index (κ1) is 13.0. The molecular formula is C12H18BrN3S. The van der Waals surface area contributed by atoms with Crippen molar-refractivity contribution in [2.75, 3.05) is 17.3 Å². The van der Waals surface area contributed by atoms with E-state index in [1.165, 1.54) is 25.7 Å². The third-order valence-electron chi connectivity index (χ3n) is 3.21. The monoisotopic (exact) mass is 315 g/mol. The number of halogens is 1. The molecule has 1 aromatic heterocycles. The summed E-state index contributed by atoms with van der Waals surface area (Å²) in [5.41, 5.74) is 6.68. The Morgan fingerprint density at radius 3 is 2.94 bits per heavy atom. The summed E-state index contributed by atoms with van der Waals surface area (Å²) < 4.78 is 0.922. The van der Waals surface area contributed by atoms with Crippen molar-refractivity contribution in [3.8, 4) is 0 Å². The van der Waals surface area contributed by atoms with Crippen LogP contribution >= 0.6 is 27.7 Å². The van der Waals surface area contributed by atoms with Crippen molar-refractivity contribution in [2.24, 2.45) is 0 Å². The lowest BCUT2D eigenvalue weighted by molar-refractivity contribution is 0.474. The van der Waals surface area contributed by atoms with Crippen molar-refractivity contribution in [1.29, 1.82) is 0 Å². The topological polar surface area (TPSA) is 50.9 Å². The molecule has 0 bridgehead atoms. The quantitative estimate of drug-likeness (QED) is 0.896. The maximum Gasteiger partial charge on any atom is 0.149 e. The standard InChI is InChI=1S/C12H18BrN3S/c1-17-11-5-3-2-4-10(11)16-12-9(14)6-8(13)7-15-12/h6-7,10-11H,2-5,14H2,1H3,(H,15,16). The molecule has 0 amide bonds. The van der Waals surface area contributed by atoms with E-state index in [-0.39, 0.29) is 0 Å². The number of nitrogens with zero attached hydrogens (tertiary/aromatic N) is 1. The molecule has 17 heavy (non-hydrogen) atoms.